The third-order valence-corrected chi connectivity index (χ3v) is 4.94. The fourth-order valence-corrected chi connectivity index (χ4v) is 3.61. The summed E-state index contributed by atoms with van der Waals surface area (Å²) in [4.78, 5) is 12.2. The average molecular weight is 381 g/mol. The Balaban J connectivity index is 1.49. The molecule has 1 aliphatic carbocycles. The number of ether oxygens (including phenoxy) is 2. The smallest absolute Gasteiger partial charge is 0.339 e. The lowest BCUT2D eigenvalue weighted by molar-refractivity contribution is 0.0631. The predicted molar refractivity (Wildman–Crippen MR) is 107 cm³/mol. The van der Waals surface area contributed by atoms with Gasteiger partial charge in [0.1, 0.15) is 36.4 Å². The lowest BCUT2D eigenvalue weighted by atomic mass is 9.90. The summed E-state index contributed by atoms with van der Waals surface area (Å²) < 4.78 is 16.9. The summed E-state index contributed by atoms with van der Waals surface area (Å²) in [6, 6.07) is 12.4. The highest BCUT2D eigenvalue weighted by atomic mass is 16.5. The Morgan fingerprint density at radius 1 is 1.04 bits per heavy atom. The molecule has 0 amide bonds. The molecule has 1 aromatic heterocycles. The second kappa shape index (κ2) is 7.94. The zero-order chi connectivity index (χ0) is 19.5. The molecule has 0 aliphatic heterocycles. The van der Waals surface area contributed by atoms with Crippen molar-refractivity contribution in [2.45, 2.75) is 31.8 Å². The van der Waals surface area contributed by atoms with E-state index in [0.29, 0.717) is 22.8 Å². The maximum atomic E-state index is 12.2. The van der Waals surface area contributed by atoms with E-state index in [4.69, 9.17) is 19.6 Å². The first-order valence-corrected chi connectivity index (χ1v) is 9.48. The SMILES string of the molecule is Nc1cccc(OCC(O)COc2cccc3oc(=O)c4c(c23)CCCC4)c1. The first-order valence-electron chi connectivity index (χ1n) is 9.48. The van der Waals surface area contributed by atoms with Crippen LogP contribution in [0.4, 0.5) is 5.69 Å². The van der Waals surface area contributed by atoms with Gasteiger partial charge in [-0.25, -0.2) is 4.79 Å². The Morgan fingerprint density at radius 3 is 2.61 bits per heavy atom. The van der Waals surface area contributed by atoms with Crippen LogP contribution in [0.15, 0.2) is 51.7 Å². The molecule has 3 aromatic rings. The molecular weight excluding hydrogens is 358 g/mol. The highest BCUT2D eigenvalue weighted by molar-refractivity contribution is 5.87. The molecule has 146 valence electrons. The largest absolute Gasteiger partial charge is 0.491 e. The lowest BCUT2D eigenvalue weighted by Crippen LogP contribution is -2.25. The Kier molecular flexibility index (Phi) is 5.21. The van der Waals surface area contributed by atoms with E-state index in [-0.39, 0.29) is 18.8 Å². The van der Waals surface area contributed by atoms with E-state index in [1.807, 2.05) is 6.07 Å². The molecule has 28 heavy (non-hydrogen) atoms. The molecule has 1 atom stereocenters. The van der Waals surface area contributed by atoms with Gasteiger partial charge in [0, 0.05) is 17.3 Å². The number of nitrogen functional groups attached to an aromatic ring is 1. The van der Waals surface area contributed by atoms with E-state index >= 15 is 0 Å². The molecule has 6 heteroatoms. The van der Waals surface area contributed by atoms with E-state index in [2.05, 4.69) is 0 Å². The Hall–Kier alpha value is -2.99. The molecule has 1 unspecified atom stereocenters. The van der Waals surface area contributed by atoms with E-state index < -0.39 is 6.10 Å². The molecule has 0 bridgehead atoms. The van der Waals surface area contributed by atoms with Gasteiger partial charge in [0.05, 0.1) is 5.39 Å². The number of anilines is 1. The van der Waals surface area contributed by atoms with Crippen molar-refractivity contribution >= 4 is 16.7 Å². The summed E-state index contributed by atoms with van der Waals surface area (Å²) in [5.41, 5.74) is 8.35. The highest BCUT2D eigenvalue weighted by Crippen LogP contribution is 2.33. The van der Waals surface area contributed by atoms with Crippen LogP contribution in [-0.2, 0) is 12.8 Å². The van der Waals surface area contributed by atoms with Crippen LogP contribution < -0.4 is 20.8 Å². The van der Waals surface area contributed by atoms with Crippen LogP contribution in [0.3, 0.4) is 0 Å². The van der Waals surface area contributed by atoms with E-state index in [0.717, 1.165) is 42.2 Å². The van der Waals surface area contributed by atoms with Crippen molar-refractivity contribution < 1.29 is 19.0 Å². The first kappa shape index (κ1) is 18.4. The van der Waals surface area contributed by atoms with Gasteiger partial charge in [-0.2, -0.15) is 0 Å². The molecule has 0 fully saturated rings. The highest BCUT2D eigenvalue weighted by Gasteiger charge is 2.21. The third kappa shape index (κ3) is 3.82. The van der Waals surface area contributed by atoms with E-state index in [9.17, 15) is 9.90 Å². The Labute approximate surface area is 162 Å². The van der Waals surface area contributed by atoms with Crippen LogP contribution in [-0.4, -0.2) is 24.4 Å². The normalized spacial score (nSPS) is 14.5. The van der Waals surface area contributed by atoms with Crippen molar-refractivity contribution in [1.82, 2.24) is 0 Å². The predicted octanol–water partition coefficient (Wildman–Crippen LogP) is 3.07. The third-order valence-electron chi connectivity index (χ3n) is 4.94. The summed E-state index contributed by atoms with van der Waals surface area (Å²) >= 11 is 0. The number of hydrogen-bond acceptors (Lipinski definition) is 6. The minimum absolute atomic E-state index is 0.0648. The Bertz CT molecular complexity index is 1040. The minimum atomic E-state index is -0.816. The number of nitrogens with two attached hydrogens (primary N) is 1. The summed E-state index contributed by atoms with van der Waals surface area (Å²) in [5, 5.41) is 11.1. The molecule has 0 saturated heterocycles. The van der Waals surface area contributed by atoms with Gasteiger partial charge < -0.3 is 24.7 Å². The number of aryl methyl sites for hydroxylation is 1. The fourth-order valence-electron chi connectivity index (χ4n) is 3.61. The molecular formula is C22H23NO5. The molecule has 0 radical (unpaired) electrons. The molecule has 6 nitrogen and oxygen atoms in total. The second-order valence-corrected chi connectivity index (χ2v) is 7.03. The number of hydrogen-bond donors (Lipinski definition) is 2. The van der Waals surface area contributed by atoms with Crippen LogP contribution in [0.25, 0.3) is 11.0 Å². The van der Waals surface area contributed by atoms with E-state index in [1.165, 1.54) is 0 Å². The Morgan fingerprint density at radius 2 is 1.79 bits per heavy atom. The fraction of sp³-hybridized carbons (Fsp3) is 0.318. The van der Waals surface area contributed by atoms with Crippen LogP contribution in [0, 0.1) is 0 Å². The van der Waals surface area contributed by atoms with Gasteiger partial charge in [-0.15, -0.1) is 0 Å². The zero-order valence-corrected chi connectivity index (χ0v) is 15.5. The van der Waals surface area contributed by atoms with Crippen molar-refractivity contribution in [2.75, 3.05) is 18.9 Å². The van der Waals surface area contributed by atoms with Gasteiger partial charge in [-0.3, -0.25) is 0 Å². The van der Waals surface area contributed by atoms with Crippen LogP contribution in [0.5, 0.6) is 11.5 Å². The first-order chi connectivity index (χ1) is 13.6. The van der Waals surface area contributed by atoms with Crippen LogP contribution >= 0.6 is 0 Å². The number of aliphatic hydroxyl groups excluding tert-OH is 1. The van der Waals surface area contributed by atoms with Gasteiger partial charge in [-0.05, 0) is 55.5 Å². The number of rotatable bonds is 6. The summed E-state index contributed by atoms with van der Waals surface area (Å²) in [7, 11) is 0. The standard InChI is InChI=1S/C22H23NO5/c23-14-5-3-6-16(11-14)26-12-15(24)13-27-19-9-4-10-20-21(19)17-7-1-2-8-18(17)22(25)28-20/h3-6,9-11,15,24H,1-2,7-8,12-13,23H2. The molecule has 1 aliphatic rings. The maximum Gasteiger partial charge on any atom is 0.339 e. The van der Waals surface area contributed by atoms with Gasteiger partial charge in [0.2, 0.25) is 0 Å². The van der Waals surface area contributed by atoms with Gasteiger partial charge in [-0.1, -0.05) is 12.1 Å². The molecule has 3 N–H and O–H groups in total. The number of aliphatic hydroxyl groups is 1. The molecule has 4 rings (SSSR count). The van der Waals surface area contributed by atoms with Gasteiger partial charge in [0.15, 0.2) is 0 Å². The van der Waals surface area contributed by atoms with Crippen molar-refractivity contribution in [2.24, 2.45) is 0 Å². The van der Waals surface area contributed by atoms with Gasteiger partial charge >= 0.3 is 5.63 Å². The summed E-state index contributed by atoms with van der Waals surface area (Å²) in [5.74, 6) is 1.21. The second-order valence-electron chi connectivity index (χ2n) is 7.03. The van der Waals surface area contributed by atoms with Crippen LogP contribution in [0.2, 0.25) is 0 Å². The number of benzene rings is 2. The van der Waals surface area contributed by atoms with Crippen molar-refractivity contribution in [1.29, 1.82) is 0 Å². The topological polar surface area (TPSA) is 94.9 Å². The molecule has 2 aromatic carbocycles. The minimum Gasteiger partial charge on any atom is -0.491 e. The maximum absolute atomic E-state index is 12.2. The quantitative estimate of drug-likeness (QED) is 0.503. The molecule has 1 heterocycles. The molecule has 0 saturated carbocycles. The molecule has 0 spiro atoms. The van der Waals surface area contributed by atoms with Crippen molar-refractivity contribution in [3.8, 4) is 11.5 Å². The number of fused-ring (bicyclic) bond motifs is 3. The van der Waals surface area contributed by atoms with Gasteiger partial charge in [0.25, 0.3) is 0 Å². The van der Waals surface area contributed by atoms with Crippen molar-refractivity contribution in [3.05, 3.63) is 64.0 Å². The van der Waals surface area contributed by atoms with Crippen molar-refractivity contribution in [3.63, 3.8) is 0 Å². The van der Waals surface area contributed by atoms with Crippen LogP contribution in [0.1, 0.15) is 24.0 Å². The van der Waals surface area contributed by atoms with E-state index in [1.54, 1.807) is 36.4 Å². The summed E-state index contributed by atoms with van der Waals surface area (Å²) in [6.45, 7) is 0.150. The summed E-state index contributed by atoms with van der Waals surface area (Å²) in [6.07, 6.45) is 2.78. The lowest BCUT2D eigenvalue weighted by Gasteiger charge is -2.19. The average Bonchev–Trinajstić information content (AvgIpc) is 2.71. The zero-order valence-electron chi connectivity index (χ0n) is 15.5. The monoisotopic (exact) mass is 381 g/mol.